The highest BCUT2D eigenvalue weighted by Crippen LogP contribution is 2.16. The molecule has 1 aromatic rings. The number of hydrogen-bond donors (Lipinski definition) is 2. The number of hydrogen-bond acceptors (Lipinski definition) is 5. The molecule has 0 bridgehead atoms. The second-order valence-electron chi connectivity index (χ2n) is 6.66. The van der Waals surface area contributed by atoms with E-state index in [9.17, 15) is 18.3 Å². The highest BCUT2D eigenvalue weighted by atomic mass is 32.2. The van der Waals surface area contributed by atoms with Crippen molar-refractivity contribution in [3.63, 3.8) is 0 Å². The molecule has 1 atom stereocenters. The smallest absolute Gasteiger partial charge is 0.249 e. The summed E-state index contributed by atoms with van der Waals surface area (Å²) in [6, 6.07) is 1.80. The number of amides is 1. The summed E-state index contributed by atoms with van der Waals surface area (Å²) in [4.78, 5) is 11.9. The molecule has 0 saturated carbocycles. The van der Waals surface area contributed by atoms with E-state index in [1.54, 1.807) is 10.7 Å². The lowest BCUT2D eigenvalue weighted by atomic mass is 10.1. The molecule has 0 unspecified atom stereocenters. The SMILES string of the molecule is CC(C)C[C@H](O)C(=O)NCc1cc2n(n1)CCCN(S(C)(=O)=O)C2. The average Bonchev–Trinajstić information content (AvgIpc) is 2.73. The van der Waals surface area contributed by atoms with Crippen molar-refractivity contribution >= 4 is 15.9 Å². The van der Waals surface area contributed by atoms with Gasteiger partial charge >= 0.3 is 0 Å². The molecule has 0 radical (unpaired) electrons. The van der Waals surface area contributed by atoms with Crippen molar-refractivity contribution in [2.75, 3.05) is 12.8 Å². The summed E-state index contributed by atoms with van der Waals surface area (Å²) in [6.07, 6.45) is 1.29. The monoisotopic (exact) mass is 358 g/mol. The van der Waals surface area contributed by atoms with Crippen molar-refractivity contribution in [3.05, 3.63) is 17.5 Å². The van der Waals surface area contributed by atoms with E-state index in [1.807, 2.05) is 13.8 Å². The molecule has 0 spiro atoms. The molecule has 2 N–H and O–H groups in total. The van der Waals surface area contributed by atoms with E-state index in [0.29, 0.717) is 31.6 Å². The molecule has 1 aliphatic rings. The van der Waals surface area contributed by atoms with Crippen LogP contribution in [0.5, 0.6) is 0 Å². The van der Waals surface area contributed by atoms with E-state index in [0.717, 1.165) is 5.69 Å². The van der Waals surface area contributed by atoms with Crippen LogP contribution in [0.4, 0.5) is 0 Å². The van der Waals surface area contributed by atoms with Crippen LogP contribution in [0, 0.1) is 5.92 Å². The fourth-order valence-electron chi connectivity index (χ4n) is 2.71. The number of carbonyl (C=O) groups excluding carboxylic acids is 1. The number of aryl methyl sites for hydroxylation is 1. The highest BCUT2D eigenvalue weighted by molar-refractivity contribution is 7.88. The molecule has 24 heavy (non-hydrogen) atoms. The molecule has 0 saturated heterocycles. The largest absolute Gasteiger partial charge is 0.383 e. The van der Waals surface area contributed by atoms with Gasteiger partial charge in [0.2, 0.25) is 15.9 Å². The maximum absolute atomic E-state index is 11.9. The zero-order valence-electron chi connectivity index (χ0n) is 14.4. The molecule has 9 heteroatoms. The Kier molecular flexibility index (Phi) is 6.00. The van der Waals surface area contributed by atoms with Gasteiger partial charge in [-0.2, -0.15) is 9.40 Å². The van der Waals surface area contributed by atoms with Crippen molar-refractivity contribution in [3.8, 4) is 0 Å². The Labute approximate surface area is 142 Å². The van der Waals surface area contributed by atoms with E-state index in [2.05, 4.69) is 10.4 Å². The number of aromatic nitrogens is 2. The summed E-state index contributed by atoms with van der Waals surface area (Å²) in [5, 5.41) is 16.9. The number of nitrogens with zero attached hydrogens (tertiary/aromatic N) is 3. The highest BCUT2D eigenvalue weighted by Gasteiger charge is 2.23. The van der Waals surface area contributed by atoms with Crippen molar-refractivity contribution in [1.29, 1.82) is 0 Å². The van der Waals surface area contributed by atoms with Crippen LogP contribution >= 0.6 is 0 Å². The lowest BCUT2D eigenvalue weighted by Gasteiger charge is -2.16. The summed E-state index contributed by atoms with van der Waals surface area (Å²) < 4.78 is 26.7. The summed E-state index contributed by atoms with van der Waals surface area (Å²) in [5.74, 6) is -0.180. The van der Waals surface area contributed by atoms with E-state index in [4.69, 9.17) is 0 Å². The van der Waals surface area contributed by atoms with Crippen LogP contribution < -0.4 is 5.32 Å². The minimum absolute atomic E-state index is 0.215. The van der Waals surface area contributed by atoms with E-state index in [-0.39, 0.29) is 19.0 Å². The first-order valence-electron chi connectivity index (χ1n) is 8.13. The standard InChI is InChI=1S/C15H26N4O4S/c1-11(2)7-14(20)15(21)16-9-12-8-13-10-18(24(3,22)23)5-4-6-19(13)17-12/h8,11,14,20H,4-7,9-10H2,1-3H3,(H,16,21)/t14-/m0/s1. The first-order valence-corrected chi connectivity index (χ1v) is 9.98. The topological polar surface area (TPSA) is 105 Å². The van der Waals surface area contributed by atoms with Crippen molar-refractivity contribution < 1.29 is 18.3 Å². The van der Waals surface area contributed by atoms with Crippen LogP contribution in [-0.2, 0) is 34.5 Å². The van der Waals surface area contributed by atoms with Crippen molar-refractivity contribution in [1.82, 2.24) is 19.4 Å². The van der Waals surface area contributed by atoms with Crippen LogP contribution in [-0.4, -0.2) is 52.4 Å². The third kappa shape index (κ3) is 5.02. The van der Waals surface area contributed by atoms with Crippen LogP contribution in [0.1, 0.15) is 38.1 Å². The molecule has 0 aromatic carbocycles. The maximum Gasteiger partial charge on any atom is 0.249 e. The molecular formula is C15H26N4O4S. The van der Waals surface area contributed by atoms with Crippen molar-refractivity contribution in [2.45, 2.75) is 52.4 Å². The minimum Gasteiger partial charge on any atom is -0.383 e. The van der Waals surface area contributed by atoms with Gasteiger partial charge in [0.05, 0.1) is 30.7 Å². The number of aliphatic hydroxyl groups is 1. The summed E-state index contributed by atoms with van der Waals surface area (Å²) >= 11 is 0. The second-order valence-corrected chi connectivity index (χ2v) is 8.65. The molecule has 1 amide bonds. The van der Waals surface area contributed by atoms with Crippen molar-refractivity contribution in [2.24, 2.45) is 5.92 Å². The number of fused-ring (bicyclic) bond motifs is 1. The number of carbonyl (C=O) groups is 1. The van der Waals surface area contributed by atoms with Gasteiger partial charge in [-0.3, -0.25) is 9.48 Å². The summed E-state index contributed by atoms with van der Waals surface area (Å²) in [6.45, 7) is 5.51. The van der Waals surface area contributed by atoms with Crippen LogP contribution in [0.25, 0.3) is 0 Å². The zero-order valence-corrected chi connectivity index (χ0v) is 15.2. The number of nitrogens with one attached hydrogen (secondary N) is 1. The molecule has 2 heterocycles. The first kappa shape index (κ1) is 18.9. The molecule has 136 valence electrons. The van der Waals surface area contributed by atoms with Gasteiger partial charge in [0.15, 0.2) is 0 Å². The van der Waals surface area contributed by atoms with Gasteiger partial charge in [-0.05, 0) is 24.8 Å². The van der Waals surface area contributed by atoms with Crippen LogP contribution in [0.3, 0.4) is 0 Å². The third-order valence-corrected chi connectivity index (χ3v) is 5.19. The predicted molar refractivity (Wildman–Crippen MR) is 89.4 cm³/mol. The zero-order chi connectivity index (χ0) is 17.9. The van der Waals surface area contributed by atoms with E-state index >= 15 is 0 Å². The quantitative estimate of drug-likeness (QED) is 0.749. The molecule has 1 aliphatic heterocycles. The third-order valence-electron chi connectivity index (χ3n) is 3.94. The first-order chi connectivity index (χ1) is 11.2. The fourth-order valence-corrected chi connectivity index (χ4v) is 3.54. The fraction of sp³-hybridized carbons (Fsp3) is 0.733. The molecule has 8 nitrogen and oxygen atoms in total. The number of aliphatic hydroxyl groups excluding tert-OH is 1. The van der Waals surface area contributed by atoms with Crippen LogP contribution in [0.2, 0.25) is 0 Å². The number of sulfonamides is 1. The molecule has 0 aliphatic carbocycles. The molecule has 1 aromatic heterocycles. The molecular weight excluding hydrogens is 332 g/mol. The Balaban J connectivity index is 1.99. The average molecular weight is 358 g/mol. The van der Waals surface area contributed by atoms with Gasteiger partial charge in [0.1, 0.15) is 6.10 Å². The Morgan fingerprint density at radius 3 is 2.75 bits per heavy atom. The lowest BCUT2D eigenvalue weighted by Crippen LogP contribution is -2.35. The van der Waals surface area contributed by atoms with Gasteiger partial charge in [0.25, 0.3) is 0 Å². The molecule has 0 fully saturated rings. The predicted octanol–water partition coefficient (Wildman–Crippen LogP) is 0.0716. The Bertz CT molecular complexity index is 684. The normalized spacial score (nSPS) is 17.4. The van der Waals surface area contributed by atoms with Gasteiger partial charge in [-0.25, -0.2) is 8.42 Å². The Morgan fingerprint density at radius 2 is 2.12 bits per heavy atom. The van der Waals surface area contributed by atoms with Gasteiger partial charge in [-0.1, -0.05) is 13.8 Å². The number of rotatable bonds is 6. The minimum atomic E-state index is -3.24. The summed E-state index contributed by atoms with van der Waals surface area (Å²) in [7, 11) is -3.24. The maximum atomic E-state index is 11.9. The summed E-state index contributed by atoms with van der Waals surface area (Å²) in [5.41, 5.74) is 1.47. The lowest BCUT2D eigenvalue weighted by molar-refractivity contribution is -0.130. The van der Waals surface area contributed by atoms with Crippen LogP contribution in [0.15, 0.2) is 6.07 Å². The van der Waals surface area contributed by atoms with E-state index in [1.165, 1.54) is 10.6 Å². The Hall–Kier alpha value is -1.45. The van der Waals surface area contributed by atoms with Gasteiger partial charge in [-0.15, -0.1) is 0 Å². The van der Waals surface area contributed by atoms with Gasteiger partial charge < -0.3 is 10.4 Å². The van der Waals surface area contributed by atoms with E-state index < -0.39 is 22.0 Å². The van der Waals surface area contributed by atoms with Gasteiger partial charge in [0, 0.05) is 13.1 Å². The molecule has 2 rings (SSSR count). The second kappa shape index (κ2) is 7.62. The Morgan fingerprint density at radius 1 is 1.42 bits per heavy atom.